The zero-order chi connectivity index (χ0) is 15.7. The van der Waals surface area contributed by atoms with Crippen molar-refractivity contribution in [3.05, 3.63) is 0 Å². The summed E-state index contributed by atoms with van der Waals surface area (Å²) < 4.78 is 0. The third-order valence-corrected chi connectivity index (χ3v) is 6.46. The molecule has 0 saturated heterocycles. The number of rotatable bonds is 3. The summed E-state index contributed by atoms with van der Waals surface area (Å²) in [5, 5.41) is 20.6. The minimum absolute atomic E-state index is 0.346. The fourth-order valence-electron chi connectivity index (χ4n) is 4.72. The summed E-state index contributed by atoms with van der Waals surface area (Å²) in [6, 6.07) is 2.53. The summed E-state index contributed by atoms with van der Waals surface area (Å²) in [5.41, 5.74) is -0.0661. The number of nitriles is 1. The summed E-state index contributed by atoms with van der Waals surface area (Å²) in [5.74, 6) is 1.76. The molecule has 2 fully saturated rings. The SMILES string of the molecule is CCC1CCC(C#N)(C(O)C2CCC(C(C)(C)C)CC2)C1. The first-order valence-electron chi connectivity index (χ1n) is 8.91. The first-order chi connectivity index (χ1) is 9.82. The van der Waals surface area contributed by atoms with Crippen LogP contribution in [0.3, 0.4) is 0 Å². The third kappa shape index (κ3) is 3.45. The van der Waals surface area contributed by atoms with E-state index >= 15 is 0 Å². The predicted octanol–water partition coefficient (Wildman–Crippen LogP) is 4.92. The van der Waals surface area contributed by atoms with E-state index in [1.165, 1.54) is 12.8 Å². The maximum atomic E-state index is 10.9. The molecule has 3 unspecified atom stereocenters. The van der Waals surface area contributed by atoms with Gasteiger partial charge in [-0.2, -0.15) is 5.26 Å². The Morgan fingerprint density at radius 3 is 2.24 bits per heavy atom. The van der Waals surface area contributed by atoms with Crippen molar-refractivity contribution in [3.8, 4) is 6.07 Å². The van der Waals surface area contributed by atoms with E-state index in [0.717, 1.165) is 44.4 Å². The first kappa shape index (κ1) is 16.8. The predicted molar refractivity (Wildman–Crippen MR) is 86.6 cm³/mol. The monoisotopic (exact) mass is 291 g/mol. The second-order valence-electron chi connectivity index (χ2n) is 8.71. The van der Waals surface area contributed by atoms with Crippen molar-refractivity contribution in [1.29, 1.82) is 5.26 Å². The first-order valence-corrected chi connectivity index (χ1v) is 8.91. The van der Waals surface area contributed by atoms with E-state index in [-0.39, 0.29) is 0 Å². The van der Waals surface area contributed by atoms with Gasteiger partial charge in [0.05, 0.1) is 17.6 Å². The van der Waals surface area contributed by atoms with Gasteiger partial charge in [0, 0.05) is 0 Å². The van der Waals surface area contributed by atoms with Gasteiger partial charge in [-0.3, -0.25) is 0 Å². The molecule has 2 heteroatoms. The standard InChI is InChI=1S/C19H33NO/c1-5-14-10-11-19(12-14,13-20)17(21)15-6-8-16(9-7-15)18(2,3)4/h14-17,21H,5-12H2,1-4H3. The van der Waals surface area contributed by atoms with Gasteiger partial charge in [0.1, 0.15) is 0 Å². The summed E-state index contributed by atoms with van der Waals surface area (Å²) in [6.07, 6.45) is 8.31. The summed E-state index contributed by atoms with van der Waals surface area (Å²) in [4.78, 5) is 0. The summed E-state index contributed by atoms with van der Waals surface area (Å²) in [6.45, 7) is 9.19. The largest absolute Gasteiger partial charge is 0.391 e. The van der Waals surface area contributed by atoms with Crippen molar-refractivity contribution < 1.29 is 5.11 Å². The molecule has 2 rings (SSSR count). The minimum atomic E-state index is -0.445. The molecule has 21 heavy (non-hydrogen) atoms. The van der Waals surface area contributed by atoms with Crippen LogP contribution in [0.5, 0.6) is 0 Å². The lowest BCUT2D eigenvalue weighted by atomic mass is 9.65. The van der Waals surface area contributed by atoms with Crippen LogP contribution in [-0.4, -0.2) is 11.2 Å². The lowest BCUT2D eigenvalue weighted by molar-refractivity contribution is -0.0136. The molecule has 0 aromatic carbocycles. The molecule has 1 N–H and O–H groups in total. The Labute approximate surface area is 130 Å². The molecule has 0 aromatic heterocycles. The molecular weight excluding hydrogens is 258 g/mol. The molecule has 0 bridgehead atoms. The molecule has 2 saturated carbocycles. The number of hydrogen-bond acceptors (Lipinski definition) is 2. The Morgan fingerprint density at radius 1 is 1.19 bits per heavy atom. The topological polar surface area (TPSA) is 44.0 Å². The fourth-order valence-corrected chi connectivity index (χ4v) is 4.72. The van der Waals surface area contributed by atoms with Gasteiger partial charge in [0.15, 0.2) is 0 Å². The maximum Gasteiger partial charge on any atom is 0.0837 e. The van der Waals surface area contributed by atoms with E-state index in [9.17, 15) is 10.4 Å². The van der Waals surface area contributed by atoms with E-state index in [0.29, 0.717) is 17.3 Å². The van der Waals surface area contributed by atoms with Crippen molar-refractivity contribution in [2.45, 2.75) is 85.2 Å². The second kappa shape index (κ2) is 6.29. The van der Waals surface area contributed by atoms with Gasteiger partial charge in [-0.05, 0) is 68.1 Å². The highest BCUT2D eigenvalue weighted by molar-refractivity contribution is 5.09. The average Bonchev–Trinajstić information content (AvgIpc) is 2.90. The van der Waals surface area contributed by atoms with Gasteiger partial charge < -0.3 is 5.11 Å². The molecule has 0 heterocycles. The molecule has 0 aromatic rings. The van der Waals surface area contributed by atoms with Crippen LogP contribution in [0.15, 0.2) is 0 Å². The van der Waals surface area contributed by atoms with Gasteiger partial charge in [0.25, 0.3) is 0 Å². The van der Waals surface area contributed by atoms with Crippen LogP contribution >= 0.6 is 0 Å². The van der Waals surface area contributed by atoms with Crippen LogP contribution in [0.4, 0.5) is 0 Å². The van der Waals surface area contributed by atoms with Crippen LogP contribution in [0, 0.1) is 39.9 Å². The Morgan fingerprint density at radius 2 is 1.81 bits per heavy atom. The van der Waals surface area contributed by atoms with Crippen molar-refractivity contribution in [1.82, 2.24) is 0 Å². The van der Waals surface area contributed by atoms with Crippen LogP contribution < -0.4 is 0 Å². The maximum absolute atomic E-state index is 10.9. The van der Waals surface area contributed by atoms with Crippen LogP contribution in [0.2, 0.25) is 0 Å². The highest BCUT2D eigenvalue weighted by Gasteiger charge is 2.48. The van der Waals surface area contributed by atoms with Crippen molar-refractivity contribution in [3.63, 3.8) is 0 Å². The Kier molecular flexibility index (Phi) is 5.03. The lowest BCUT2D eigenvalue weighted by Crippen LogP contribution is -2.40. The zero-order valence-corrected chi connectivity index (χ0v) is 14.4. The van der Waals surface area contributed by atoms with E-state index < -0.39 is 11.5 Å². The zero-order valence-electron chi connectivity index (χ0n) is 14.4. The van der Waals surface area contributed by atoms with Crippen molar-refractivity contribution in [2.75, 3.05) is 0 Å². The van der Waals surface area contributed by atoms with Crippen molar-refractivity contribution in [2.24, 2.45) is 28.6 Å². The molecule has 2 aliphatic rings. The number of aliphatic hydroxyl groups excluding tert-OH is 1. The third-order valence-electron chi connectivity index (χ3n) is 6.46. The highest BCUT2D eigenvalue weighted by atomic mass is 16.3. The van der Waals surface area contributed by atoms with E-state index in [4.69, 9.17) is 0 Å². The molecule has 2 nitrogen and oxygen atoms in total. The fraction of sp³-hybridized carbons (Fsp3) is 0.947. The molecule has 3 atom stereocenters. The second-order valence-corrected chi connectivity index (χ2v) is 8.71. The van der Waals surface area contributed by atoms with E-state index in [1.807, 2.05) is 0 Å². The molecule has 0 radical (unpaired) electrons. The molecule has 0 spiro atoms. The normalized spacial score (nSPS) is 39.0. The van der Waals surface area contributed by atoms with Gasteiger partial charge >= 0.3 is 0 Å². The van der Waals surface area contributed by atoms with Gasteiger partial charge in [-0.1, -0.05) is 34.1 Å². The van der Waals surface area contributed by atoms with Crippen LogP contribution in [0.25, 0.3) is 0 Å². The summed E-state index contributed by atoms with van der Waals surface area (Å²) >= 11 is 0. The number of hydrogen-bond donors (Lipinski definition) is 1. The van der Waals surface area contributed by atoms with Gasteiger partial charge in [0.2, 0.25) is 0 Å². The molecule has 0 aliphatic heterocycles. The molecule has 2 aliphatic carbocycles. The van der Waals surface area contributed by atoms with Crippen LogP contribution in [0.1, 0.15) is 79.1 Å². The lowest BCUT2D eigenvalue weighted by Gasteiger charge is -2.41. The summed E-state index contributed by atoms with van der Waals surface area (Å²) in [7, 11) is 0. The Bertz CT molecular complexity index is 383. The van der Waals surface area contributed by atoms with Gasteiger partial charge in [-0.15, -0.1) is 0 Å². The number of nitrogens with zero attached hydrogens (tertiary/aromatic N) is 1. The van der Waals surface area contributed by atoms with E-state index in [1.54, 1.807) is 0 Å². The average molecular weight is 291 g/mol. The van der Waals surface area contributed by atoms with Crippen molar-refractivity contribution >= 4 is 0 Å². The number of aliphatic hydroxyl groups is 1. The smallest absolute Gasteiger partial charge is 0.0837 e. The highest BCUT2D eigenvalue weighted by Crippen LogP contribution is 2.50. The Hall–Kier alpha value is -0.550. The molecular formula is C19H33NO. The Balaban J connectivity index is 1.98. The van der Waals surface area contributed by atoms with E-state index in [2.05, 4.69) is 33.8 Å². The minimum Gasteiger partial charge on any atom is -0.391 e. The molecule has 120 valence electrons. The van der Waals surface area contributed by atoms with Gasteiger partial charge in [-0.25, -0.2) is 0 Å². The van der Waals surface area contributed by atoms with Crippen LogP contribution in [-0.2, 0) is 0 Å². The molecule has 0 amide bonds. The quantitative estimate of drug-likeness (QED) is 0.802.